The fourth-order valence-corrected chi connectivity index (χ4v) is 3.44. The van der Waals surface area contributed by atoms with Crippen LogP contribution >= 0.6 is 0 Å². The molecule has 3 heterocycles. The Labute approximate surface area is 168 Å². The van der Waals surface area contributed by atoms with Crippen LogP contribution in [0.15, 0.2) is 30.7 Å². The molecule has 3 N–H and O–H groups in total. The number of benzene rings is 1. The number of hydrogen-bond donors (Lipinski definition) is 3. The molecule has 2 aromatic heterocycles. The zero-order valence-corrected chi connectivity index (χ0v) is 16.6. The smallest absolute Gasteiger partial charge is 0.245 e. The number of phenols is 1. The highest BCUT2D eigenvalue weighted by molar-refractivity contribution is 5.74. The number of aromatic nitrogens is 5. The summed E-state index contributed by atoms with van der Waals surface area (Å²) in [5.41, 5.74) is 1.48. The summed E-state index contributed by atoms with van der Waals surface area (Å²) >= 11 is 0. The average Bonchev–Trinajstić information content (AvgIpc) is 3.24. The fourth-order valence-electron chi connectivity index (χ4n) is 3.44. The molecule has 0 saturated carbocycles. The van der Waals surface area contributed by atoms with Gasteiger partial charge in [0.25, 0.3) is 0 Å². The number of hydrogen-bond acceptors (Lipinski definition) is 7. The predicted molar refractivity (Wildman–Crippen MR) is 108 cm³/mol. The number of aromatic amines is 1. The lowest BCUT2D eigenvalue weighted by Gasteiger charge is -2.40. The molecular formula is C20H24FN7O. The van der Waals surface area contributed by atoms with Crippen molar-refractivity contribution in [2.24, 2.45) is 5.41 Å². The summed E-state index contributed by atoms with van der Waals surface area (Å²) in [4.78, 5) is 6.50. The molecule has 1 aliphatic heterocycles. The van der Waals surface area contributed by atoms with Crippen LogP contribution in [0.4, 0.5) is 10.3 Å². The first-order chi connectivity index (χ1) is 13.8. The Balaban J connectivity index is 1.58. The van der Waals surface area contributed by atoms with Gasteiger partial charge in [0.2, 0.25) is 5.95 Å². The van der Waals surface area contributed by atoms with E-state index >= 15 is 0 Å². The summed E-state index contributed by atoms with van der Waals surface area (Å²) in [5.74, 6) is -0.0545. The second kappa shape index (κ2) is 7.40. The number of aromatic hydroxyl groups is 1. The van der Waals surface area contributed by atoms with Crippen LogP contribution in [0.1, 0.15) is 20.8 Å². The molecule has 0 unspecified atom stereocenters. The highest BCUT2D eigenvalue weighted by atomic mass is 19.1. The normalized spacial score (nSPS) is 17.5. The largest absolute Gasteiger partial charge is 0.507 e. The molecule has 0 amide bonds. The minimum atomic E-state index is -0.486. The van der Waals surface area contributed by atoms with E-state index in [0.29, 0.717) is 23.2 Å². The second-order valence-electron chi connectivity index (χ2n) is 8.30. The first-order valence-electron chi connectivity index (χ1n) is 9.53. The van der Waals surface area contributed by atoms with Crippen molar-refractivity contribution in [2.75, 3.05) is 24.5 Å². The van der Waals surface area contributed by atoms with E-state index in [4.69, 9.17) is 0 Å². The van der Waals surface area contributed by atoms with E-state index < -0.39 is 5.82 Å². The number of rotatable bonds is 3. The van der Waals surface area contributed by atoms with Gasteiger partial charge in [0.1, 0.15) is 17.3 Å². The maximum atomic E-state index is 14.6. The zero-order valence-electron chi connectivity index (χ0n) is 16.6. The van der Waals surface area contributed by atoms with Gasteiger partial charge >= 0.3 is 0 Å². The van der Waals surface area contributed by atoms with Gasteiger partial charge in [0, 0.05) is 48.6 Å². The van der Waals surface area contributed by atoms with Crippen LogP contribution in [0, 0.1) is 11.2 Å². The highest BCUT2D eigenvalue weighted by Gasteiger charge is 2.30. The average molecular weight is 397 g/mol. The van der Waals surface area contributed by atoms with E-state index in [1.54, 1.807) is 6.20 Å². The van der Waals surface area contributed by atoms with Crippen LogP contribution < -0.4 is 10.2 Å². The molecule has 1 saturated heterocycles. The van der Waals surface area contributed by atoms with Crippen LogP contribution in [0.3, 0.4) is 0 Å². The number of nitrogens with one attached hydrogen (secondary N) is 2. The van der Waals surface area contributed by atoms with Gasteiger partial charge in [-0.1, -0.05) is 20.8 Å². The summed E-state index contributed by atoms with van der Waals surface area (Å²) in [5, 5.41) is 28.8. The first kappa shape index (κ1) is 19.3. The standard InChI is InChI=1S/C20H24FN7O/c1-20(2,3)18-11-28(5-4-22-18)19-23-10-16(26-27-19)14-6-15(21)13(7-17(14)29)12-8-24-25-9-12/h6-10,18,22,29H,4-5,11H2,1-3H3,(H,24,25)/t18-/m1/s1. The van der Waals surface area contributed by atoms with Crippen LogP contribution in [0.5, 0.6) is 5.75 Å². The third-order valence-electron chi connectivity index (χ3n) is 5.22. The molecular weight excluding hydrogens is 373 g/mol. The summed E-state index contributed by atoms with van der Waals surface area (Å²) in [7, 11) is 0. The number of nitrogens with zero attached hydrogens (tertiary/aromatic N) is 5. The van der Waals surface area contributed by atoms with Crippen molar-refractivity contribution in [3.05, 3.63) is 36.5 Å². The molecule has 0 radical (unpaired) electrons. The van der Waals surface area contributed by atoms with Crippen molar-refractivity contribution in [2.45, 2.75) is 26.8 Å². The molecule has 1 aromatic carbocycles. The van der Waals surface area contributed by atoms with E-state index in [1.807, 2.05) is 0 Å². The SMILES string of the molecule is CC(C)(C)[C@H]1CN(c2ncc(-c3cc(F)c(-c4cn[nH]c4)cc3O)nn2)CCN1. The van der Waals surface area contributed by atoms with Gasteiger partial charge in [-0.25, -0.2) is 9.37 Å². The van der Waals surface area contributed by atoms with E-state index in [-0.39, 0.29) is 22.3 Å². The summed E-state index contributed by atoms with van der Waals surface area (Å²) in [6.07, 6.45) is 4.57. The molecule has 0 aliphatic carbocycles. The summed E-state index contributed by atoms with van der Waals surface area (Å²) in [6, 6.07) is 2.91. The molecule has 29 heavy (non-hydrogen) atoms. The van der Waals surface area contributed by atoms with Gasteiger partial charge in [-0.3, -0.25) is 5.10 Å². The minimum Gasteiger partial charge on any atom is -0.507 e. The van der Waals surface area contributed by atoms with Crippen LogP contribution in [-0.2, 0) is 0 Å². The number of anilines is 1. The van der Waals surface area contributed by atoms with Gasteiger partial charge in [-0.2, -0.15) is 5.10 Å². The van der Waals surface area contributed by atoms with Crippen molar-refractivity contribution in [1.82, 2.24) is 30.7 Å². The maximum absolute atomic E-state index is 14.6. The van der Waals surface area contributed by atoms with Crippen molar-refractivity contribution in [1.29, 1.82) is 0 Å². The topological polar surface area (TPSA) is 103 Å². The molecule has 9 heteroatoms. The molecule has 3 aromatic rings. The van der Waals surface area contributed by atoms with Gasteiger partial charge in [0.05, 0.1) is 12.4 Å². The monoisotopic (exact) mass is 397 g/mol. The Hall–Kier alpha value is -3.07. The van der Waals surface area contributed by atoms with Crippen LogP contribution in [0.25, 0.3) is 22.4 Å². The maximum Gasteiger partial charge on any atom is 0.245 e. The van der Waals surface area contributed by atoms with Gasteiger partial charge in [0.15, 0.2) is 0 Å². The quantitative estimate of drug-likeness (QED) is 0.624. The fraction of sp³-hybridized carbons (Fsp3) is 0.400. The Morgan fingerprint density at radius 1 is 1.17 bits per heavy atom. The third-order valence-corrected chi connectivity index (χ3v) is 5.22. The van der Waals surface area contributed by atoms with Gasteiger partial charge < -0.3 is 15.3 Å². The molecule has 1 atom stereocenters. The van der Waals surface area contributed by atoms with E-state index in [2.05, 4.69) is 56.4 Å². The summed E-state index contributed by atoms with van der Waals surface area (Å²) < 4.78 is 14.6. The molecule has 1 fully saturated rings. The van der Waals surface area contributed by atoms with Crippen molar-refractivity contribution < 1.29 is 9.50 Å². The van der Waals surface area contributed by atoms with Crippen molar-refractivity contribution in [3.8, 4) is 28.1 Å². The molecule has 0 bridgehead atoms. The lowest BCUT2D eigenvalue weighted by Crippen LogP contribution is -2.56. The number of phenolic OH excluding ortho intramolecular Hbond substituents is 1. The molecule has 1 aliphatic rings. The predicted octanol–water partition coefficient (Wildman–Crippen LogP) is 2.60. The minimum absolute atomic E-state index is 0.0959. The first-order valence-corrected chi connectivity index (χ1v) is 9.53. The Kier molecular flexibility index (Phi) is 4.91. The molecule has 4 rings (SSSR count). The highest BCUT2D eigenvalue weighted by Crippen LogP contribution is 2.34. The number of halogens is 1. The lowest BCUT2D eigenvalue weighted by molar-refractivity contribution is 0.252. The Morgan fingerprint density at radius 3 is 2.66 bits per heavy atom. The van der Waals surface area contributed by atoms with E-state index in [0.717, 1.165) is 19.6 Å². The molecule has 152 valence electrons. The van der Waals surface area contributed by atoms with E-state index in [9.17, 15) is 9.50 Å². The van der Waals surface area contributed by atoms with Crippen molar-refractivity contribution in [3.63, 3.8) is 0 Å². The van der Waals surface area contributed by atoms with Crippen molar-refractivity contribution >= 4 is 5.95 Å². The molecule has 8 nitrogen and oxygen atoms in total. The van der Waals surface area contributed by atoms with Gasteiger partial charge in [-0.15, -0.1) is 10.2 Å². The Bertz CT molecular complexity index is 983. The second-order valence-corrected chi connectivity index (χ2v) is 8.30. The van der Waals surface area contributed by atoms with Crippen LogP contribution in [-0.4, -0.2) is 56.2 Å². The van der Waals surface area contributed by atoms with Gasteiger partial charge in [-0.05, 0) is 17.5 Å². The lowest BCUT2D eigenvalue weighted by atomic mass is 9.85. The number of H-pyrrole nitrogens is 1. The van der Waals surface area contributed by atoms with Crippen LogP contribution in [0.2, 0.25) is 0 Å². The number of piperazine rings is 1. The van der Waals surface area contributed by atoms with E-state index in [1.165, 1.54) is 24.5 Å². The summed E-state index contributed by atoms with van der Waals surface area (Å²) in [6.45, 7) is 8.99. The Morgan fingerprint density at radius 2 is 2.00 bits per heavy atom. The zero-order chi connectivity index (χ0) is 20.6. The third kappa shape index (κ3) is 3.91. The molecule has 0 spiro atoms.